The lowest BCUT2D eigenvalue weighted by Gasteiger charge is -2.11. The molecule has 3 aromatic rings. The highest BCUT2D eigenvalue weighted by Gasteiger charge is 2.12. The minimum atomic E-state index is -0.253. The number of ether oxygens (including phenoxy) is 2. The molecule has 0 aliphatic carbocycles. The van der Waals surface area contributed by atoms with E-state index in [-0.39, 0.29) is 18.6 Å². The van der Waals surface area contributed by atoms with Crippen molar-refractivity contribution in [2.75, 3.05) is 12.4 Å². The van der Waals surface area contributed by atoms with Crippen molar-refractivity contribution in [1.82, 2.24) is 20.2 Å². The van der Waals surface area contributed by atoms with E-state index in [0.717, 1.165) is 0 Å². The molecule has 8 nitrogen and oxygen atoms in total. The molecule has 2 aromatic carbocycles. The Kier molecular flexibility index (Phi) is 5.65. The molecule has 0 saturated heterocycles. The number of tetrazole rings is 1. The number of amides is 1. The van der Waals surface area contributed by atoms with E-state index in [1.165, 1.54) is 0 Å². The SMILES string of the molecule is COc1ccccc1NC(=O)c1cccc(OCc2nnnn2C(C)C)c1. The van der Waals surface area contributed by atoms with E-state index < -0.39 is 0 Å². The van der Waals surface area contributed by atoms with Crippen LogP contribution in [0.5, 0.6) is 11.5 Å². The Bertz CT molecular complexity index is 923. The van der Waals surface area contributed by atoms with E-state index in [1.54, 1.807) is 48.2 Å². The lowest BCUT2D eigenvalue weighted by molar-refractivity contribution is 0.102. The average molecular weight is 367 g/mol. The summed E-state index contributed by atoms with van der Waals surface area (Å²) in [4.78, 5) is 12.6. The number of carbonyl (C=O) groups is 1. The van der Waals surface area contributed by atoms with Gasteiger partial charge in [0.05, 0.1) is 18.8 Å². The van der Waals surface area contributed by atoms with Crippen LogP contribution in [0.2, 0.25) is 0 Å². The largest absolute Gasteiger partial charge is 0.495 e. The van der Waals surface area contributed by atoms with E-state index in [2.05, 4.69) is 20.8 Å². The first-order valence-electron chi connectivity index (χ1n) is 8.52. The Morgan fingerprint density at radius 1 is 1.19 bits per heavy atom. The van der Waals surface area contributed by atoms with Crippen LogP contribution >= 0.6 is 0 Å². The fourth-order valence-corrected chi connectivity index (χ4v) is 2.53. The molecule has 0 unspecified atom stereocenters. The molecule has 0 spiro atoms. The maximum absolute atomic E-state index is 12.6. The molecule has 0 fully saturated rings. The molecule has 0 aliphatic rings. The molecule has 1 aromatic heterocycles. The highest BCUT2D eigenvalue weighted by molar-refractivity contribution is 6.05. The standard InChI is InChI=1S/C19H21N5O3/c1-13(2)24-18(21-22-23-24)12-27-15-8-6-7-14(11-15)19(25)20-16-9-4-5-10-17(16)26-3/h4-11,13H,12H2,1-3H3,(H,20,25). The third-order valence-electron chi connectivity index (χ3n) is 3.87. The Hall–Kier alpha value is -3.42. The van der Waals surface area contributed by atoms with Gasteiger partial charge in [0.15, 0.2) is 5.82 Å². The average Bonchev–Trinajstić information content (AvgIpc) is 3.16. The predicted molar refractivity (Wildman–Crippen MR) is 99.9 cm³/mol. The van der Waals surface area contributed by atoms with E-state index in [0.29, 0.717) is 28.6 Å². The molecule has 0 aliphatic heterocycles. The van der Waals surface area contributed by atoms with E-state index in [4.69, 9.17) is 9.47 Å². The van der Waals surface area contributed by atoms with Crippen LogP contribution in [0.1, 0.15) is 36.1 Å². The predicted octanol–water partition coefficient (Wildman–Crippen LogP) is 3.09. The summed E-state index contributed by atoms with van der Waals surface area (Å²) >= 11 is 0. The van der Waals surface area contributed by atoms with Crippen molar-refractivity contribution < 1.29 is 14.3 Å². The second-order valence-corrected chi connectivity index (χ2v) is 6.10. The van der Waals surface area contributed by atoms with Gasteiger partial charge in [-0.25, -0.2) is 4.68 Å². The first kappa shape index (κ1) is 18.4. The summed E-state index contributed by atoms with van der Waals surface area (Å²) in [5.74, 6) is 1.52. The molecule has 27 heavy (non-hydrogen) atoms. The Labute approximate surface area is 157 Å². The number of methoxy groups -OCH3 is 1. The number of carbonyl (C=O) groups excluding carboxylic acids is 1. The molecule has 0 radical (unpaired) electrons. The van der Waals surface area contributed by atoms with Crippen LogP contribution in [0, 0.1) is 0 Å². The molecule has 1 N–H and O–H groups in total. The fourth-order valence-electron chi connectivity index (χ4n) is 2.53. The minimum Gasteiger partial charge on any atom is -0.495 e. The summed E-state index contributed by atoms with van der Waals surface area (Å²) in [5.41, 5.74) is 1.08. The zero-order valence-electron chi connectivity index (χ0n) is 15.4. The topological polar surface area (TPSA) is 91.2 Å². The molecule has 1 heterocycles. The van der Waals surface area contributed by atoms with Crippen molar-refractivity contribution in [3.05, 3.63) is 59.9 Å². The lowest BCUT2D eigenvalue weighted by atomic mass is 10.2. The van der Waals surface area contributed by atoms with Crippen LogP contribution < -0.4 is 14.8 Å². The molecule has 1 amide bonds. The smallest absolute Gasteiger partial charge is 0.255 e. The minimum absolute atomic E-state index is 0.136. The summed E-state index contributed by atoms with van der Waals surface area (Å²) in [6.45, 7) is 4.19. The number of hydrogen-bond acceptors (Lipinski definition) is 6. The van der Waals surface area contributed by atoms with Crippen molar-refractivity contribution in [1.29, 1.82) is 0 Å². The first-order chi connectivity index (χ1) is 13.1. The van der Waals surface area contributed by atoms with Gasteiger partial charge in [0.25, 0.3) is 5.91 Å². The van der Waals surface area contributed by atoms with Gasteiger partial charge < -0.3 is 14.8 Å². The van der Waals surface area contributed by atoms with Crippen molar-refractivity contribution >= 4 is 11.6 Å². The quantitative estimate of drug-likeness (QED) is 0.690. The van der Waals surface area contributed by atoms with E-state index >= 15 is 0 Å². The van der Waals surface area contributed by atoms with Crippen LogP contribution in [0.3, 0.4) is 0 Å². The number of para-hydroxylation sites is 2. The third-order valence-corrected chi connectivity index (χ3v) is 3.87. The van der Waals surface area contributed by atoms with Gasteiger partial charge in [-0.15, -0.1) is 5.10 Å². The molecule has 8 heteroatoms. The van der Waals surface area contributed by atoms with Crippen molar-refractivity contribution in [3.8, 4) is 11.5 Å². The van der Waals surface area contributed by atoms with Crippen molar-refractivity contribution in [2.45, 2.75) is 26.5 Å². The molecular weight excluding hydrogens is 346 g/mol. The van der Waals surface area contributed by atoms with Crippen LogP contribution in [-0.2, 0) is 6.61 Å². The molecule has 0 atom stereocenters. The third kappa shape index (κ3) is 4.41. The second-order valence-electron chi connectivity index (χ2n) is 6.10. The van der Waals surface area contributed by atoms with Gasteiger partial charge in [-0.2, -0.15) is 0 Å². The van der Waals surface area contributed by atoms with Crippen molar-refractivity contribution in [3.63, 3.8) is 0 Å². The van der Waals surface area contributed by atoms with Gasteiger partial charge in [0.1, 0.15) is 18.1 Å². The summed E-state index contributed by atoms with van der Waals surface area (Å²) in [7, 11) is 1.56. The zero-order valence-corrected chi connectivity index (χ0v) is 15.4. The maximum atomic E-state index is 12.6. The van der Waals surface area contributed by atoms with Crippen LogP contribution in [0.15, 0.2) is 48.5 Å². The molecule has 140 valence electrons. The molecular formula is C19H21N5O3. The van der Waals surface area contributed by atoms with Crippen LogP contribution in [0.4, 0.5) is 5.69 Å². The van der Waals surface area contributed by atoms with Gasteiger partial charge in [0, 0.05) is 5.56 Å². The number of nitrogens with zero attached hydrogens (tertiary/aromatic N) is 4. The normalized spacial score (nSPS) is 10.7. The Morgan fingerprint density at radius 3 is 2.78 bits per heavy atom. The number of aromatic nitrogens is 4. The monoisotopic (exact) mass is 367 g/mol. The highest BCUT2D eigenvalue weighted by Crippen LogP contribution is 2.24. The Morgan fingerprint density at radius 2 is 2.00 bits per heavy atom. The fraction of sp³-hybridized carbons (Fsp3) is 0.263. The highest BCUT2D eigenvalue weighted by atomic mass is 16.5. The number of anilines is 1. The maximum Gasteiger partial charge on any atom is 0.255 e. The van der Waals surface area contributed by atoms with Gasteiger partial charge in [0.2, 0.25) is 0 Å². The number of nitrogens with one attached hydrogen (secondary N) is 1. The number of hydrogen-bond donors (Lipinski definition) is 1. The zero-order chi connectivity index (χ0) is 19.2. The van der Waals surface area contributed by atoms with Crippen LogP contribution in [0.25, 0.3) is 0 Å². The molecule has 3 rings (SSSR count). The van der Waals surface area contributed by atoms with Gasteiger partial charge in [-0.05, 0) is 54.6 Å². The van der Waals surface area contributed by atoms with Gasteiger partial charge in [-0.3, -0.25) is 4.79 Å². The van der Waals surface area contributed by atoms with Crippen molar-refractivity contribution in [2.24, 2.45) is 0 Å². The second kappa shape index (κ2) is 8.31. The number of benzene rings is 2. The Balaban J connectivity index is 1.69. The van der Waals surface area contributed by atoms with E-state index in [9.17, 15) is 4.79 Å². The van der Waals surface area contributed by atoms with E-state index in [1.807, 2.05) is 26.0 Å². The van der Waals surface area contributed by atoms with Crippen LogP contribution in [-0.4, -0.2) is 33.2 Å². The number of rotatable bonds is 7. The summed E-state index contributed by atoms with van der Waals surface area (Å²) in [5, 5.41) is 14.4. The first-order valence-corrected chi connectivity index (χ1v) is 8.52. The van der Waals surface area contributed by atoms with Gasteiger partial charge in [-0.1, -0.05) is 18.2 Å². The molecule has 0 saturated carbocycles. The lowest BCUT2D eigenvalue weighted by Crippen LogP contribution is -2.13. The summed E-state index contributed by atoms with van der Waals surface area (Å²) < 4.78 is 12.7. The summed E-state index contributed by atoms with van der Waals surface area (Å²) in [6, 6.07) is 14.3. The molecule has 0 bridgehead atoms. The summed E-state index contributed by atoms with van der Waals surface area (Å²) in [6.07, 6.45) is 0. The van der Waals surface area contributed by atoms with Gasteiger partial charge >= 0.3 is 0 Å².